The molecule has 10 heteroatoms. The van der Waals surface area contributed by atoms with Gasteiger partial charge in [0.2, 0.25) is 5.91 Å². The molecule has 1 saturated heterocycles. The van der Waals surface area contributed by atoms with E-state index in [1.807, 2.05) is 0 Å². The lowest BCUT2D eigenvalue weighted by molar-refractivity contribution is -0.120. The number of anilines is 2. The molecule has 3 aromatic rings. The van der Waals surface area contributed by atoms with Crippen LogP contribution in [0.4, 0.5) is 15.6 Å². The first-order chi connectivity index (χ1) is 13.9. The molecule has 0 unspecified atom stereocenters. The predicted octanol–water partition coefficient (Wildman–Crippen LogP) is 4.36. The van der Waals surface area contributed by atoms with Gasteiger partial charge in [0, 0.05) is 18.1 Å². The van der Waals surface area contributed by atoms with Crippen LogP contribution in [0.5, 0.6) is 0 Å². The largest absolute Gasteiger partial charge is 0.324 e. The number of benzene rings is 2. The Morgan fingerprint density at radius 2 is 2.03 bits per heavy atom. The number of thiazole rings is 1. The summed E-state index contributed by atoms with van der Waals surface area (Å²) >= 11 is 13.4. The summed E-state index contributed by atoms with van der Waals surface area (Å²) in [7, 11) is 0. The number of nitrogens with zero attached hydrogens (tertiary/aromatic N) is 4. The number of aromatic nitrogens is 1. The van der Waals surface area contributed by atoms with E-state index in [9.17, 15) is 9.59 Å². The van der Waals surface area contributed by atoms with E-state index in [-0.39, 0.29) is 12.5 Å². The summed E-state index contributed by atoms with van der Waals surface area (Å²) < 4.78 is 0.803. The second-order valence-corrected chi connectivity index (χ2v) is 8.18. The number of nitriles is 1. The standard InChI is InChI=1S/C19H13Cl2N5O2S/c20-12-2-4-15(13(21)8-12)26-6-5-25(10-17(26)27)19(28)24-18-23-14-3-1-11(9-22)7-16(14)29-18/h1-4,7-8H,5-6,10H2,(H,23,24,28). The number of hydrogen-bond donors (Lipinski definition) is 1. The fourth-order valence-corrected chi connectivity index (χ4v) is 4.42. The highest BCUT2D eigenvalue weighted by Gasteiger charge is 2.29. The quantitative estimate of drug-likeness (QED) is 0.634. The van der Waals surface area contributed by atoms with Gasteiger partial charge in [-0.2, -0.15) is 5.26 Å². The Hall–Kier alpha value is -2.86. The highest BCUT2D eigenvalue weighted by molar-refractivity contribution is 7.22. The molecule has 0 aliphatic carbocycles. The highest BCUT2D eigenvalue weighted by atomic mass is 35.5. The number of amides is 3. The van der Waals surface area contributed by atoms with Crippen molar-refractivity contribution in [1.29, 1.82) is 5.26 Å². The lowest BCUT2D eigenvalue weighted by atomic mass is 10.2. The lowest BCUT2D eigenvalue weighted by Gasteiger charge is -2.34. The molecule has 1 fully saturated rings. The topological polar surface area (TPSA) is 89.3 Å². The summed E-state index contributed by atoms with van der Waals surface area (Å²) in [6.07, 6.45) is 0. The maximum absolute atomic E-state index is 12.6. The van der Waals surface area contributed by atoms with E-state index in [0.29, 0.717) is 45.0 Å². The Kier molecular flexibility index (Phi) is 5.28. The maximum atomic E-state index is 12.6. The van der Waals surface area contributed by atoms with E-state index >= 15 is 0 Å². The zero-order chi connectivity index (χ0) is 20.5. The molecule has 2 heterocycles. The first-order valence-corrected chi connectivity index (χ1v) is 10.1. The predicted molar refractivity (Wildman–Crippen MR) is 114 cm³/mol. The van der Waals surface area contributed by atoms with Crippen molar-refractivity contribution >= 4 is 67.5 Å². The maximum Gasteiger partial charge on any atom is 0.324 e. The molecule has 1 aromatic heterocycles. The minimum absolute atomic E-state index is 0.0751. The monoisotopic (exact) mass is 445 g/mol. The zero-order valence-corrected chi connectivity index (χ0v) is 17.2. The van der Waals surface area contributed by atoms with E-state index in [1.54, 1.807) is 41.3 Å². The van der Waals surface area contributed by atoms with Crippen LogP contribution in [0, 0.1) is 11.3 Å². The number of nitrogens with one attached hydrogen (secondary N) is 1. The van der Waals surface area contributed by atoms with Crippen LogP contribution < -0.4 is 10.2 Å². The van der Waals surface area contributed by atoms with Gasteiger partial charge >= 0.3 is 6.03 Å². The van der Waals surface area contributed by atoms with Crippen LogP contribution >= 0.6 is 34.5 Å². The number of fused-ring (bicyclic) bond motifs is 1. The number of halogens is 2. The molecule has 3 amide bonds. The molecule has 1 aliphatic rings. The lowest BCUT2D eigenvalue weighted by Crippen LogP contribution is -2.53. The van der Waals surface area contributed by atoms with Crippen molar-refractivity contribution in [3.8, 4) is 6.07 Å². The first kappa shape index (κ1) is 19.5. The molecule has 29 heavy (non-hydrogen) atoms. The van der Waals surface area contributed by atoms with Gasteiger partial charge in [-0.1, -0.05) is 34.5 Å². The third-order valence-corrected chi connectivity index (χ3v) is 5.91. The normalized spacial score (nSPS) is 14.2. The molecule has 7 nitrogen and oxygen atoms in total. The van der Waals surface area contributed by atoms with E-state index in [0.717, 1.165) is 4.70 Å². The summed E-state index contributed by atoms with van der Waals surface area (Å²) in [4.78, 5) is 32.5. The van der Waals surface area contributed by atoms with Gasteiger partial charge in [-0.05, 0) is 36.4 Å². The smallest absolute Gasteiger partial charge is 0.313 e. The summed E-state index contributed by atoms with van der Waals surface area (Å²) in [6.45, 7) is 0.591. The van der Waals surface area contributed by atoms with Crippen molar-refractivity contribution in [2.24, 2.45) is 0 Å². The third kappa shape index (κ3) is 3.98. The van der Waals surface area contributed by atoms with Gasteiger partial charge in [0.05, 0.1) is 32.6 Å². The molecule has 0 saturated carbocycles. The summed E-state index contributed by atoms with van der Waals surface area (Å²) in [5.74, 6) is -0.237. The molecule has 0 radical (unpaired) electrons. The van der Waals surface area contributed by atoms with Gasteiger partial charge in [-0.25, -0.2) is 9.78 Å². The van der Waals surface area contributed by atoms with Crippen molar-refractivity contribution in [3.05, 3.63) is 52.0 Å². The molecule has 146 valence electrons. The van der Waals surface area contributed by atoms with Crippen molar-refractivity contribution in [2.45, 2.75) is 0 Å². The second-order valence-electron chi connectivity index (χ2n) is 6.31. The van der Waals surface area contributed by atoms with Crippen LogP contribution in [-0.2, 0) is 4.79 Å². The Balaban J connectivity index is 1.44. The van der Waals surface area contributed by atoms with Crippen LogP contribution in [-0.4, -0.2) is 41.5 Å². The van der Waals surface area contributed by atoms with Crippen LogP contribution in [0.1, 0.15) is 5.56 Å². The van der Waals surface area contributed by atoms with Crippen LogP contribution in [0.15, 0.2) is 36.4 Å². The van der Waals surface area contributed by atoms with E-state index < -0.39 is 6.03 Å². The van der Waals surface area contributed by atoms with Gasteiger partial charge in [0.25, 0.3) is 0 Å². The van der Waals surface area contributed by atoms with E-state index in [1.165, 1.54) is 16.2 Å². The first-order valence-electron chi connectivity index (χ1n) is 8.56. The van der Waals surface area contributed by atoms with Crippen molar-refractivity contribution in [2.75, 3.05) is 29.9 Å². The third-order valence-electron chi connectivity index (χ3n) is 4.44. The van der Waals surface area contributed by atoms with E-state index in [2.05, 4.69) is 16.4 Å². The number of carbonyl (C=O) groups is 2. The molecule has 0 spiro atoms. The summed E-state index contributed by atoms with van der Waals surface area (Å²) in [5.41, 5.74) is 1.80. The van der Waals surface area contributed by atoms with Gasteiger partial charge in [-0.15, -0.1) is 0 Å². The molecule has 1 N–H and O–H groups in total. The van der Waals surface area contributed by atoms with E-state index in [4.69, 9.17) is 28.5 Å². The molecular weight excluding hydrogens is 433 g/mol. The highest BCUT2D eigenvalue weighted by Crippen LogP contribution is 2.30. The van der Waals surface area contributed by atoms with Crippen LogP contribution in [0.2, 0.25) is 10.0 Å². The van der Waals surface area contributed by atoms with Crippen LogP contribution in [0.3, 0.4) is 0 Å². The fraction of sp³-hybridized carbons (Fsp3) is 0.158. The number of carbonyl (C=O) groups excluding carboxylic acids is 2. The van der Waals surface area contributed by atoms with Gasteiger partial charge < -0.3 is 9.80 Å². The molecule has 0 bridgehead atoms. The van der Waals surface area contributed by atoms with Gasteiger partial charge in [0.1, 0.15) is 6.54 Å². The van der Waals surface area contributed by atoms with Crippen LogP contribution in [0.25, 0.3) is 10.2 Å². The summed E-state index contributed by atoms with van der Waals surface area (Å²) in [6, 6.07) is 11.7. The Morgan fingerprint density at radius 1 is 1.21 bits per heavy atom. The number of piperazine rings is 1. The average molecular weight is 446 g/mol. The van der Waals surface area contributed by atoms with Crippen molar-refractivity contribution in [3.63, 3.8) is 0 Å². The second kappa shape index (κ2) is 7.87. The number of urea groups is 1. The van der Waals surface area contributed by atoms with Gasteiger partial charge in [-0.3, -0.25) is 10.1 Å². The minimum Gasteiger partial charge on any atom is -0.313 e. The Morgan fingerprint density at radius 3 is 2.76 bits per heavy atom. The fourth-order valence-electron chi connectivity index (χ4n) is 3.02. The minimum atomic E-state index is -0.403. The number of rotatable bonds is 2. The average Bonchev–Trinajstić information content (AvgIpc) is 3.09. The molecular formula is C19H13Cl2N5O2S. The molecule has 0 atom stereocenters. The Bertz CT molecular complexity index is 1170. The van der Waals surface area contributed by atoms with Crippen molar-refractivity contribution < 1.29 is 9.59 Å². The molecule has 2 aromatic carbocycles. The van der Waals surface area contributed by atoms with Crippen molar-refractivity contribution in [1.82, 2.24) is 9.88 Å². The Labute approximate surface area is 180 Å². The summed E-state index contributed by atoms with van der Waals surface area (Å²) in [5, 5.41) is 13.0. The van der Waals surface area contributed by atoms with Gasteiger partial charge in [0.15, 0.2) is 5.13 Å². The molecule has 1 aliphatic heterocycles. The zero-order valence-electron chi connectivity index (χ0n) is 14.9. The number of hydrogen-bond acceptors (Lipinski definition) is 5. The SMILES string of the molecule is N#Cc1ccc2nc(NC(=O)N3CCN(c4ccc(Cl)cc4Cl)C(=O)C3)sc2c1. The molecule has 4 rings (SSSR count).